The van der Waals surface area contributed by atoms with Crippen molar-refractivity contribution in [3.63, 3.8) is 0 Å². The standard InChI is InChI=1S/C15H28N4O/c1-5-13-10-14(20-19-13)11-18-15(16-6-2)17-9-7-8-12(3)4/h10,12H,5-9,11H2,1-4H3,(H2,16,17,18). The summed E-state index contributed by atoms with van der Waals surface area (Å²) in [6.45, 7) is 10.9. The molecular formula is C15H28N4O. The van der Waals surface area contributed by atoms with Crippen molar-refractivity contribution in [2.45, 2.75) is 53.5 Å². The molecule has 0 saturated heterocycles. The van der Waals surface area contributed by atoms with Crippen LogP contribution in [0.4, 0.5) is 0 Å². The zero-order chi connectivity index (χ0) is 14.8. The Labute approximate surface area is 122 Å². The van der Waals surface area contributed by atoms with Crippen molar-refractivity contribution < 1.29 is 4.52 Å². The lowest BCUT2D eigenvalue weighted by Gasteiger charge is -2.11. The first kappa shape index (κ1) is 16.5. The normalized spacial score (nSPS) is 11.9. The van der Waals surface area contributed by atoms with Gasteiger partial charge in [0.05, 0.1) is 5.69 Å². The minimum atomic E-state index is 0.520. The quantitative estimate of drug-likeness (QED) is 0.436. The molecule has 0 aliphatic carbocycles. The molecule has 1 heterocycles. The van der Waals surface area contributed by atoms with Crippen LogP contribution in [0.15, 0.2) is 15.6 Å². The Morgan fingerprint density at radius 3 is 2.75 bits per heavy atom. The van der Waals surface area contributed by atoms with E-state index in [2.05, 4.69) is 48.5 Å². The molecule has 0 unspecified atom stereocenters. The average molecular weight is 280 g/mol. The van der Waals surface area contributed by atoms with Gasteiger partial charge in [0.25, 0.3) is 0 Å². The van der Waals surface area contributed by atoms with Gasteiger partial charge < -0.3 is 15.2 Å². The largest absolute Gasteiger partial charge is 0.359 e. The second-order valence-corrected chi connectivity index (χ2v) is 5.30. The molecule has 0 bridgehead atoms. The molecule has 5 nitrogen and oxygen atoms in total. The highest BCUT2D eigenvalue weighted by atomic mass is 16.5. The van der Waals surface area contributed by atoms with Gasteiger partial charge in [0, 0.05) is 19.2 Å². The van der Waals surface area contributed by atoms with E-state index in [-0.39, 0.29) is 0 Å². The molecule has 0 spiro atoms. The fraction of sp³-hybridized carbons (Fsp3) is 0.733. The van der Waals surface area contributed by atoms with E-state index in [4.69, 9.17) is 4.52 Å². The molecule has 114 valence electrons. The Bertz CT molecular complexity index is 398. The Hall–Kier alpha value is -1.52. The number of aromatic nitrogens is 1. The number of guanidine groups is 1. The van der Waals surface area contributed by atoms with Crippen LogP contribution in [0.25, 0.3) is 0 Å². The summed E-state index contributed by atoms with van der Waals surface area (Å²) in [4.78, 5) is 4.51. The van der Waals surface area contributed by atoms with Gasteiger partial charge in [0.15, 0.2) is 11.7 Å². The molecule has 0 aliphatic rings. The number of hydrogen-bond donors (Lipinski definition) is 2. The maximum atomic E-state index is 5.23. The molecule has 0 atom stereocenters. The van der Waals surface area contributed by atoms with Gasteiger partial charge in [-0.3, -0.25) is 0 Å². The van der Waals surface area contributed by atoms with Gasteiger partial charge in [0.1, 0.15) is 6.54 Å². The SMILES string of the molecule is CCNC(=NCc1cc(CC)no1)NCCCC(C)C. The zero-order valence-corrected chi connectivity index (χ0v) is 13.2. The summed E-state index contributed by atoms with van der Waals surface area (Å²) in [5, 5.41) is 10.6. The lowest BCUT2D eigenvalue weighted by molar-refractivity contribution is 0.379. The summed E-state index contributed by atoms with van der Waals surface area (Å²) < 4.78 is 5.23. The lowest BCUT2D eigenvalue weighted by Crippen LogP contribution is -2.37. The van der Waals surface area contributed by atoms with Crippen LogP contribution in [-0.4, -0.2) is 24.2 Å². The second kappa shape index (κ2) is 9.39. The van der Waals surface area contributed by atoms with Gasteiger partial charge in [-0.05, 0) is 32.1 Å². The molecule has 1 aromatic rings. The van der Waals surface area contributed by atoms with E-state index in [0.717, 1.165) is 49.3 Å². The molecular weight excluding hydrogens is 252 g/mol. The molecule has 0 amide bonds. The maximum Gasteiger partial charge on any atom is 0.191 e. The van der Waals surface area contributed by atoms with Crippen LogP contribution in [0.3, 0.4) is 0 Å². The molecule has 0 aromatic carbocycles. The van der Waals surface area contributed by atoms with E-state index in [9.17, 15) is 0 Å². The van der Waals surface area contributed by atoms with Crippen LogP contribution in [-0.2, 0) is 13.0 Å². The number of nitrogens with one attached hydrogen (secondary N) is 2. The van der Waals surface area contributed by atoms with Crippen molar-refractivity contribution in [3.8, 4) is 0 Å². The van der Waals surface area contributed by atoms with E-state index in [0.29, 0.717) is 6.54 Å². The smallest absolute Gasteiger partial charge is 0.191 e. The van der Waals surface area contributed by atoms with E-state index in [1.54, 1.807) is 0 Å². The first-order valence-electron chi connectivity index (χ1n) is 7.62. The van der Waals surface area contributed by atoms with E-state index in [1.807, 2.05) is 6.07 Å². The average Bonchev–Trinajstić information content (AvgIpc) is 2.88. The van der Waals surface area contributed by atoms with Crippen molar-refractivity contribution in [1.82, 2.24) is 15.8 Å². The van der Waals surface area contributed by atoms with Crippen LogP contribution in [0.5, 0.6) is 0 Å². The zero-order valence-electron chi connectivity index (χ0n) is 13.2. The number of hydrogen-bond acceptors (Lipinski definition) is 3. The molecule has 0 fully saturated rings. The summed E-state index contributed by atoms with van der Waals surface area (Å²) in [6, 6.07) is 1.96. The summed E-state index contributed by atoms with van der Waals surface area (Å²) in [5.41, 5.74) is 0.977. The monoisotopic (exact) mass is 280 g/mol. The van der Waals surface area contributed by atoms with Crippen LogP contribution in [0, 0.1) is 5.92 Å². The molecule has 0 radical (unpaired) electrons. The van der Waals surface area contributed by atoms with Crippen LogP contribution >= 0.6 is 0 Å². The Morgan fingerprint density at radius 2 is 2.15 bits per heavy atom. The summed E-state index contributed by atoms with van der Waals surface area (Å²) in [6.07, 6.45) is 3.28. The van der Waals surface area contributed by atoms with Gasteiger partial charge in [-0.2, -0.15) is 0 Å². The molecule has 5 heteroatoms. The fourth-order valence-electron chi connectivity index (χ4n) is 1.81. The minimum Gasteiger partial charge on any atom is -0.359 e. The summed E-state index contributed by atoms with van der Waals surface area (Å²) >= 11 is 0. The van der Waals surface area contributed by atoms with Crippen molar-refractivity contribution >= 4 is 5.96 Å². The number of aliphatic imine (C=N–C) groups is 1. The maximum absolute atomic E-state index is 5.23. The lowest BCUT2D eigenvalue weighted by atomic mass is 10.1. The van der Waals surface area contributed by atoms with Crippen LogP contribution < -0.4 is 10.6 Å². The fourth-order valence-corrected chi connectivity index (χ4v) is 1.81. The highest BCUT2D eigenvalue weighted by Crippen LogP contribution is 2.05. The van der Waals surface area contributed by atoms with Gasteiger partial charge >= 0.3 is 0 Å². The van der Waals surface area contributed by atoms with Gasteiger partial charge in [-0.15, -0.1) is 0 Å². The van der Waals surface area contributed by atoms with Crippen molar-refractivity contribution in [1.29, 1.82) is 0 Å². The third kappa shape index (κ3) is 6.59. The number of nitrogens with zero attached hydrogens (tertiary/aromatic N) is 2. The van der Waals surface area contributed by atoms with Gasteiger partial charge in [-0.1, -0.05) is 25.9 Å². The molecule has 0 aliphatic heterocycles. The molecule has 20 heavy (non-hydrogen) atoms. The molecule has 1 rings (SSSR count). The molecule has 0 saturated carbocycles. The van der Waals surface area contributed by atoms with Crippen LogP contribution in [0.1, 0.15) is 52.0 Å². The van der Waals surface area contributed by atoms with Crippen molar-refractivity contribution in [2.75, 3.05) is 13.1 Å². The highest BCUT2D eigenvalue weighted by molar-refractivity contribution is 5.79. The molecule has 2 N–H and O–H groups in total. The Balaban J connectivity index is 2.41. The highest BCUT2D eigenvalue weighted by Gasteiger charge is 2.03. The summed E-state index contributed by atoms with van der Waals surface area (Å²) in [7, 11) is 0. The van der Waals surface area contributed by atoms with Crippen molar-refractivity contribution in [3.05, 3.63) is 17.5 Å². The van der Waals surface area contributed by atoms with Crippen molar-refractivity contribution in [2.24, 2.45) is 10.9 Å². The predicted molar refractivity (Wildman–Crippen MR) is 82.8 cm³/mol. The molecule has 1 aromatic heterocycles. The first-order chi connectivity index (χ1) is 9.65. The third-order valence-corrected chi connectivity index (χ3v) is 2.96. The third-order valence-electron chi connectivity index (χ3n) is 2.96. The predicted octanol–water partition coefficient (Wildman–Crippen LogP) is 2.73. The second-order valence-electron chi connectivity index (χ2n) is 5.30. The topological polar surface area (TPSA) is 62.5 Å². The van der Waals surface area contributed by atoms with E-state index in [1.165, 1.54) is 6.42 Å². The summed E-state index contributed by atoms with van der Waals surface area (Å²) in [5.74, 6) is 2.39. The number of aryl methyl sites for hydroxylation is 1. The first-order valence-corrected chi connectivity index (χ1v) is 7.62. The van der Waals surface area contributed by atoms with E-state index >= 15 is 0 Å². The van der Waals surface area contributed by atoms with Gasteiger partial charge in [-0.25, -0.2) is 4.99 Å². The van der Waals surface area contributed by atoms with Crippen LogP contribution in [0.2, 0.25) is 0 Å². The minimum absolute atomic E-state index is 0.520. The Kier molecular flexibility index (Phi) is 7.77. The Morgan fingerprint density at radius 1 is 1.35 bits per heavy atom. The van der Waals surface area contributed by atoms with E-state index < -0.39 is 0 Å². The number of rotatable bonds is 8. The van der Waals surface area contributed by atoms with Gasteiger partial charge in [0.2, 0.25) is 0 Å².